The Labute approximate surface area is 109 Å². The van der Waals surface area contributed by atoms with Crippen LogP contribution in [0.2, 0.25) is 0 Å². The second-order valence-electron chi connectivity index (χ2n) is 5.17. The summed E-state index contributed by atoms with van der Waals surface area (Å²) in [6.45, 7) is 3.85. The third-order valence-corrected chi connectivity index (χ3v) is 3.43. The molecule has 0 saturated carbocycles. The first-order valence-corrected chi connectivity index (χ1v) is 5.85. The molecule has 0 amide bonds. The molecule has 5 heteroatoms. The SMILES string of the molecule is CC1(C)C=C(C(=O)O)C(=O)c2cc3c(cc21)OCO3. The number of rotatable bonds is 1. The van der Waals surface area contributed by atoms with Crippen molar-refractivity contribution < 1.29 is 24.2 Å². The average molecular weight is 260 g/mol. The minimum absolute atomic E-state index is 0.117. The van der Waals surface area contributed by atoms with Crippen LogP contribution >= 0.6 is 0 Å². The van der Waals surface area contributed by atoms with Gasteiger partial charge in [0.25, 0.3) is 0 Å². The van der Waals surface area contributed by atoms with E-state index in [-0.39, 0.29) is 12.4 Å². The number of aliphatic carboxylic acids is 1. The molecule has 0 bridgehead atoms. The van der Waals surface area contributed by atoms with Crippen LogP contribution in [-0.2, 0) is 10.2 Å². The van der Waals surface area contributed by atoms with Gasteiger partial charge in [0.05, 0.1) is 0 Å². The maximum absolute atomic E-state index is 12.2. The fraction of sp³-hybridized carbons (Fsp3) is 0.286. The lowest BCUT2D eigenvalue weighted by atomic mass is 9.74. The van der Waals surface area contributed by atoms with Crippen molar-refractivity contribution in [2.24, 2.45) is 0 Å². The lowest BCUT2D eigenvalue weighted by Gasteiger charge is -2.29. The van der Waals surface area contributed by atoms with E-state index in [9.17, 15) is 9.59 Å². The summed E-state index contributed by atoms with van der Waals surface area (Å²) in [6, 6.07) is 3.32. The van der Waals surface area contributed by atoms with Crippen LogP contribution in [0.4, 0.5) is 0 Å². The van der Waals surface area contributed by atoms with Gasteiger partial charge in [-0.2, -0.15) is 0 Å². The van der Waals surface area contributed by atoms with Gasteiger partial charge in [-0.25, -0.2) is 4.79 Å². The lowest BCUT2D eigenvalue weighted by Crippen LogP contribution is -2.28. The van der Waals surface area contributed by atoms with Gasteiger partial charge in [0.15, 0.2) is 17.3 Å². The molecule has 1 aromatic carbocycles. The van der Waals surface area contributed by atoms with Crippen LogP contribution in [0.25, 0.3) is 0 Å². The molecule has 19 heavy (non-hydrogen) atoms. The van der Waals surface area contributed by atoms with Crippen LogP contribution in [0.15, 0.2) is 23.8 Å². The highest BCUT2D eigenvalue weighted by Crippen LogP contribution is 2.42. The number of hydrogen-bond acceptors (Lipinski definition) is 4. The number of ketones is 1. The summed E-state index contributed by atoms with van der Waals surface area (Å²) in [7, 11) is 0. The van der Waals surface area contributed by atoms with Crippen molar-refractivity contribution in [3.05, 3.63) is 34.9 Å². The first-order valence-electron chi connectivity index (χ1n) is 5.85. The fourth-order valence-electron chi connectivity index (χ4n) is 2.47. The van der Waals surface area contributed by atoms with E-state index in [0.717, 1.165) is 5.56 Å². The second-order valence-corrected chi connectivity index (χ2v) is 5.17. The van der Waals surface area contributed by atoms with Gasteiger partial charge in [-0.1, -0.05) is 19.9 Å². The molecule has 2 aliphatic rings. The number of Topliss-reactive ketones (excluding diaryl/α,β-unsaturated/α-hetero) is 1. The first-order chi connectivity index (χ1) is 8.90. The standard InChI is InChI=1S/C14H12O5/c1-14(2)5-8(13(16)17)12(15)7-3-10-11(4-9(7)14)19-6-18-10/h3-5H,6H2,1-2H3,(H,16,17). The summed E-state index contributed by atoms with van der Waals surface area (Å²) in [5, 5.41) is 9.11. The minimum atomic E-state index is -1.21. The number of allylic oxidation sites excluding steroid dienone is 1. The Morgan fingerprint density at radius 1 is 1.26 bits per heavy atom. The first kappa shape index (κ1) is 11.8. The van der Waals surface area contributed by atoms with E-state index in [4.69, 9.17) is 14.6 Å². The van der Waals surface area contributed by atoms with Gasteiger partial charge in [0, 0.05) is 11.0 Å². The van der Waals surface area contributed by atoms with Crippen molar-refractivity contribution in [1.29, 1.82) is 0 Å². The molecular weight excluding hydrogens is 248 g/mol. The number of carboxylic acid groups (broad SMARTS) is 1. The van der Waals surface area contributed by atoms with Gasteiger partial charge in [-0.05, 0) is 17.7 Å². The van der Waals surface area contributed by atoms with Crippen LogP contribution in [-0.4, -0.2) is 23.7 Å². The highest BCUT2D eigenvalue weighted by atomic mass is 16.7. The van der Waals surface area contributed by atoms with Crippen LogP contribution in [0.3, 0.4) is 0 Å². The molecule has 1 heterocycles. The van der Waals surface area contributed by atoms with Crippen LogP contribution < -0.4 is 9.47 Å². The van der Waals surface area contributed by atoms with Gasteiger partial charge in [0.1, 0.15) is 5.57 Å². The third-order valence-electron chi connectivity index (χ3n) is 3.43. The zero-order valence-electron chi connectivity index (χ0n) is 10.5. The number of carboxylic acids is 1. The molecule has 1 aliphatic carbocycles. The second kappa shape index (κ2) is 3.60. The number of fused-ring (bicyclic) bond motifs is 2. The number of ether oxygens (including phenoxy) is 2. The van der Waals surface area contributed by atoms with E-state index < -0.39 is 17.2 Å². The summed E-state index contributed by atoms with van der Waals surface area (Å²) < 4.78 is 10.5. The molecule has 0 fully saturated rings. The minimum Gasteiger partial charge on any atom is -0.478 e. The smallest absolute Gasteiger partial charge is 0.339 e. The molecule has 5 nitrogen and oxygen atoms in total. The van der Waals surface area contributed by atoms with Gasteiger partial charge >= 0.3 is 5.97 Å². The summed E-state index contributed by atoms with van der Waals surface area (Å²) in [5.74, 6) is -0.622. The maximum Gasteiger partial charge on any atom is 0.339 e. The number of carbonyl (C=O) groups excluding carboxylic acids is 1. The predicted octanol–water partition coefficient (Wildman–Crippen LogP) is 1.90. The molecule has 0 spiro atoms. The zero-order chi connectivity index (χ0) is 13.8. The molecular formula is C14H12O5. The van der Waals surface area contributed by atoms with Crippen LogP contribution in [0.1, 0.15) is 29.8 Å². The Morgan fingerprint density at radius 3 is 2.53 bits per heavy atom. The van der Waals surface area contributed by atoms with Crippen molar-refractivity contribution in [1.82, 2.24) is 0 Å². The fourth-order valence-corrected chi connectivity index (χ4v) is 2.47. The van der Waals surface area contributed by atoms with E-state index in [1.165, 1.54) is 6.08 Å². The summed E-state index contributed by atoms with van der Waals surface area (Å²) in [4.78, 5) is 23.4. The van der Waals surface area contributed by atoms with Gasteiger partial charge < -0.3 is 14.6 Å². The highest BCUT2D eigenvalue weighted by Gasteiger charge is 2.36. The molecule has 98 valence electrons. The Hall–Kier alpha value is -2.30. The molecule has 0 saturated heterocycles. The molecule has 1 N–H and O–H groups in total. The summed E-state index contributed by atoms with van der Waals surface area (Å²) in [5.41, 5.74) is 0.384. The quantitative estimate of drug-likeness (QED) is 0.781. The highest BCUT2D eigenvalue weighted by molar-refractivity contribution is 6.25. The molecule has 0 unspecified atom stereocenters. The van der Waals surface area contributed by atoms with Crippen molar-refractivity contribution >= 4 is 11.8 Å². The molecule has 0 radical (unpaired) electrons. The van der Waals surface area contributed by atoms with E-state index in [1.54, 1.807) is 12.1 Å². The molecule has 0 atom stereocenters. The molecule has 0 aromatic heterocycles. The number of hydrogen-bond donors (Lipinski definition) is 1. The Kier molecular flexibility index (Phi) is 2.23. The number of benzene rings is 1. The topological polar surface area (TPSA) is 72.8 Å². The van der Waals surface area contributed by atoms with Crippen molar-refractivity contribution in [3.8, 4) is 11.5 Å². The largest absolute Gasteiger partial charge is 0.478 e. The van der Waals surface area contributed by atoms with E-state index in [1.807, 2.05) is 13.8 Å². The average Bonchev–Trinajstić information content (AvgIpc) is 2.79. The number of carbonyl (C=O) groups is 2. The molecule has 3 rings (SSSR count). The maximum atomic E-state index is 12.2. The third kappa shape index (κ3) is 1.62. The van der Waals surface area contributed by atoms with Gasteiger partial charge in [0.2, 0.25) is 6.79 Å². The normalized spacial score (nSPS) is 18.8. The molecule has 1 aromatic rings. The van der Waals surface area contributed by atoms with Crippen LogP contribution in [0, 0.1) is 0 Å². The monoisotopic (exact) mass is 260 g/mol. The van der Waals surface area contributed by atoms with E-state index >= 15 is 0 Å². The summed E-state index contributed by atoms with van der Waals surface area (Å²) in [6.07, 6.45) is 1.49. The van der Waals surface area contributed by atoms with E-state index in [0.29, 0.717) is 17.1 Å². The van der Waals surface area contributed by atoms with Crippen molar-refractivity contribution in [2.75, 3.05) is 6.79 Å². The predicted molar refractivity (Wildman–Crippen MR) is 65.6 cm³/mol. The van der Waals surface area contributed by atoms with Gasteiger partial charge in [-0.3, -0.25) is 4.79 Å². The van der Waals surface area contributed by atoms with Crippen LogP contribution in [0.5, 0.6) is 11.5 Å². The van der Waals surface area contributed by atoms with Crippen molar-refractivity contribution in [3.63, 3.8) is 0 Å². The van der Waals surface area contributed by atoms with Gasteiger partial charge in [-0.15, -0.1) is 0 Å². The Bertz CT molecular complexity index is 639. The zero-order valence-corrected chi connectivity index (χ0v) is 10.5. The Morgan fingerprint density at radius 2 is 1.89 bits per heavy atom. The summed E-state index contributed by atoms with van der Waals surface area (Å²) >= 11 is 0. The van der Waals surface area contributed by atoms with Crippen molar-refractivity contribution in [2.45, 2.75) is 19.3 Å². The van der Waals surface area contributed by atoms with E-state index in [2.05, 4.69) is 0 Å². The molecule has 1 aliphatic heterocycles. The lowest BCUT2D eigenvalue weighted by molar-refractivity contribution is -0.132. The Balaban J connectivity index is 2.24.